The van der Waals surface area contributed by atoms with Crippen LogP contribution in [0, 0.1) is 6.92 Å². The van der Waals surface area contributed by atoms with Crippen molar-refractivity contribution in [3.8, 4) is 5.75 Å². The highest BCUT2D eigenvalue weighted by Gasteiger charge is 2.18. The zero-order valence-corrected chi connectivity index (χ0v) is 9.71. The fraction of sp³-hybridized carbons (Fsp3) is 0.462. The Hall–Kier alpha value is -1.51. The molecule has 0 aliphatic carbocycles. The first kappa shape index (κ1) is 11.0. The van der Waals surface area contributed by atoms with E-state index in [1.54, 1.807) is 6.07 Å². The van der Waals surface area contributed by atoms with Gasteiger partial charge in [0.1, 0.15) is 5.75 Å². The standard InChI is InChI=1S/C13H16O3/c1-3-15-13(14)11-6-7-12-10(9(11)2)5-4-8-16-12/h6-7H,3-5,8H2,1-2H3. The fourth-order valence-electron chi connectivity index (χ4n) is 2.04. The van der Waals surface area contributed by atoms with E-state index in [0.717, 1.165) is 36.3 Å². The molecular formula is C13H16O3. The van der Waals surface area contributed by atoms with Gasteiger partial charge in [-0.25, -0.2) is 4.79 Å². The minimum absolute atomic E-state index is 0.242. The van der Waals surface area contributed by atoms with E-state index in [0.29, 0.717) is 12.2 Å². The molecule has 0 atom stereocenters. The summed E-state index contributed by atoms with van der Waals surface area (Å²) < 4.78 is 10.6. The quantitative estimate of drug-likeness (QED) is 0.718. The molecule has 1 aliphatic rings. The molecule has 1 aliphatic heterocycles. The summed E-state index contributed by atoms with van der Waals surface area (Å²) in [5, 5.41) is 0. The molecule has 0 fully saturated rings. The first-order valence-corrected chi connectivity index (χ1v) is 5.66. The van der Waals surface area contributed by atoms with E-state index in [2.05, 4.69) is 0 Å². The first-order chi connectivity index (χ1) is 7.74. The Morgan fingerprint density at radius 2 is 2.31 bits per heavy atom. The van der Waals surface area contributed by atoms with Crippen molar-refractivity contribution in [2.75, 3.05) is 13.2 Å². The number of esters is 1. The number of ether oxygens (including phenoxy) is 2. The third kappa shape index (κ3) is 1.90. The molecule has 0 amide bonds. The van der Waals surface area contributed by atoms with Crippen molar-refractivity contribution < 1.29 is 14.3 Å². The molecule has 0 radical (unpaired) electrons. The number of carbonyl (C=O) groups is 1. The van der Waals surface area contributed by atoms with Crippen LogP contribution >= 0.6 is 0 Å². The van der Waals surface area contributed by atoms with Crippen LogP contribution in [0.25, 0.3) is 0 Å². The summed E-state index contributed by atoms with van der Waals surface area (Å²) in [6, 6.07) is 3.66. The Kier molecular flexibility index (Phi) is 3.13. The Morgan fingerprint density at radius 1 is 1.50 bits per heavy atom. The molecule has 1 aromatic carbocycles. The maximum Gasteiger partial charge on any atom is 0.338 e. The fourth-order valence-corrected chi connectivity index (χ4v) is 2.04. The predicted molar refractivity (Wildman–Crippen MR) is 61.0 cm³/mol. The van der Waals surface area contributed by atoms with Crippen LogP contribution in [-0.4, -0.2) is 19.2 Å². The molecule has 3 heteroatoms. The molecule has 0 unspecified atom stereocenters. The summed E-state index contributed by atoms with van der Waals surface area (Å²) in [7, 11) is 0. The van der Waals surface area contributed by atoms with Crippen LogP contribution < -0.4 is 4.74 Å². The van der Waals surface area contributed by atoms with Gasteiger partial charge in [0.2, 0.25) is 0 Å². The molecule has 0 spiro atoms. The van der Waals surface area contributed by atoms with Gasteiger partial charge in [-0.2, -0.15) is 0 Å². The van der Waals surface area contributed by atoms with Gasteiger partial charge in [0.05, 0.1) is 18.8 Å². The van der Waals surface area contributed by atoms with Crippen LogP contribution in [0.3, 0.4) is 0 Å². The number of hydrogen-bond acceptors (Lipinski definition) is 3. The van der Waals surface area contributed by atoms with Gasteiger partial charge in [-0.15, -0.1) is 0 Å². The second-order valence-corrected chi connectivity index (χ2v) is 3.89. The minimum Gasteiger partial charge on any atom is -0.493 e. The van der Waals surface area contributed by atoms with Gasteiger partial charge in [0, 0.05) is 0 Å². The van der Waals surface area contributed by atoms with E-state index >= 15 is 0 Å². The van der Waals surface area contributed by atoms with Crippen molar-refractivity contribution in [3.63, 3.8) is 0 Å². The molecule has 0 N–H and O–H groups in total. The van der Waals surface area contributed by atoms with Crippen molar-refractivity contribution in [1.29, 1.82) is 0 Å². The van der Waals surface area contributed by atoms with Crippen LogP contribution in [0.2, 0.25) is 0 Å². The number of hydrogen-bond donors (Lipinski definition) is 0. The normalized spacial score (nSPS) is 13.9. The Morgan fingerprint density at radius 3 is 3.06 bits per heavy atom. The first-order valence-electron chi connectivity index (χ1n) is 5.66. The molecule has 0 saturated heterocycles. The highest BCUT2D eigenvalue weighted by Crippen LogP contribution is 2.29. The average Bonchev–Trinajstić information content (AvgIpc) is 2.30. The van der Waals surface area contributed by atoms with Crippen molar-refractivity contribution in [3.05, 3.63) is 28.8 Å². The van der Waals surface area contributed by atoms with Crippen LogP contribution in [-0.2, 0) is 11.2 Å². The maximum atomic E-state index is 11.7. The van der Waals surface area contributed by atoms with Gasteiger partial charge < -0.3 is 9.47 Å². The van der Waals surface area contributed by atoms with Gasteiger partial charge in [0.15, 0.2) is 0 Å². The zero-order chi connectivity index (χ0) is 11.5. The summed E-state index contributed by atoms with van der Waals surface area (Å²) in [6.07, 6.45) is 1.99. The third-order valence-corrected chi connectivity index (χ3v) is 2.88. The van der Waals surface area contributed by atoms with Crippen molar-refractivity contribution in [2.45, 2.75) is 26.7 Å². The Bertz CT molecular complexity index is 410. The van der Waals surface area contributed by atoms with Gasteiger partial charge in [-0.3, -0.25) is 0 Å². The molecule has 86 valence electrons. The summed E-state index contributed by atoms with van der Waals surface area (Å²) >= 11 is 0. The monoisotopic (exact) mass is 220 g/mol. The van der Waals surface area contributed by atoms with Crippen molar-refractivity contribution >= 4 is 5.97 Å². The van der Waals surface area contributed by atoms with Gasteiger partial charge in [-0.1, -0.05) is 0 Å². The molecular weight excluding hydrogens is 204 g/mol. The van der Waals surface area contributed by atoms with Crippen LogP contribution in [0.15, 0.2) is 12.1 Å². The van der Waals surface area contributed by atoms with E-state index < -0.39 is 0 Å². The highest BCUT2D eigenvalue weighted by atomic mass is 16.5. The molecule has 0 bridgehead atoms. The molecule has 0 saturated carbocycles. The maximum absolute atomic E-state index is 11.7. The SMILES string of the molecule is CCOC(=O)c1ccc2c(c1C)CCCO2. The zero-order valence-electron chi connectivity index (χ0n) is 9.71. The van der Waals surface area contributed by atoms with Crippen molar-refractivity contribution in [1.82, 2.24) is 0 Å². The summed E-state index contributed by atoms with van der Waals surface area (Å²) in [5.41, 5.74) is 2.80. The second kappa shape index (κ2) is 4.56. The third-order valence-electron chi connectivity index (χ3n) is 2.88. The number of rotatable bonds is 2. The average molecular weight is 220 g/mol. The topological polar surface area (TPSA) is 35.5 Å². The summed E-state index contributed by atoms with van der Waals surface area (Å²) in [6.45, 7) is 4.95. The van der Waals surface area contributed by atoms with Gasteiger partial charge in [-0.05, 0) is 49.9 Å². The largest absolute Gasteiger partial charge is 0.493 e. The molecule has 1 aromatic rings. The smallest absolute Gasteiger partial charge is 0.338 e. The van der Waals surface area contributed by atoms with Crippen molar-refractivity contribution in [2.24, 2.45) is 0 Å². The Labute approximate surface area is 95.4 Å². The van der Waals surface area contributed by atoms with Crippen LogP contribution in [0.4, 0.5) is 0 Å². The number of benzene rings is 1. The van der Waals surface area contributed by atoms with E-state index in [-0.39, 0.29) is 5.97 Å². The molecule has 16 heavy (non-hydrogen) atoms. The lowest BCUT2D eigenvalue weighted by Crippen LogP contribution is -2.13. The van der Waals surface area contributed by atoms with E-state index in [1.165, 1.54) is 0 Å². The van der Waals surface area contributed by atoms with Crippen LogP contribution in [0.1, 0.15) is 34.8 Å². The predicted octanol–water partition coefficient (Wildman–Crippen LogP) is 2.50. The second-order valence-electron chi connectivity index (χ2n) is 3.89. The van der Waals surface area contributed by atoms with E-state index in [9.17, 15) is 4.79 Å². The Balaban J connectivity index is 2.37. The lowest BCUT2D eigenvalue weighted by atomic mass is 9.96. The van der Waals surface area contributed by atoms with E-state index in [1.807, 2.05) is 19.9 Å². The molecule has 2 rings (SSSR count). The number of fused-ring (bicyclic) bond motifs is 1. The van der Waals surface area contributed by atoms with Gasteiger partial charge >= 0.3 is 5.97 Å². The molecule has 1 heterocycles. The molecule has 0 aromatic heterocycles. The van der Waals surface area contributed by atoms with Gasteiger partial charge in [0.25, 0.3) is 0 Å². The lowest BCUT2D eigenvalue weighted by Gasteiger charge is -2.20. The highest BCUT2D eigenvalue weighted by molar-refractivity contribution is 5.91. The van der Waals surface area contributed by atoms with E-state index in [4.69, 9.17) is 9.47 Å². The number of carbonyl (C=O) groups excluding carboxylic acids is 1. The summed E-state index contributed by atoms with van der Waals surface area (Å²) in [5.74, 6) is 0.671. The summed E-state index contributed by atoms with van der Waals surface area (Å²) in [4.78, 5) is 11.7. The lowest BCUT2D eigenvalue weighted by molar-refractivity contribution is 0.0525. The minimum atomic E-state index is -0.242. The molecule has 3 nitrogen and oxygen atoms in total. The van der Waals surface area contributed by atoms with Crippen LogP contribution in [0.5, 0.6) is 5.75 Å².